The van der Waals surface area contributed by atoms with Gasteiger partial charge in [0, 0.05) is 5.69 Å². The van der Waals surface area contributed by atoms with E-state index in [1.54, 1.807) is 0 Å². The average Bonchev–Trinajstić information content (AvgIpc) is 2.54. The Balaban J connectivity index is 2.00. The Kier molecular flexibility index (Phi) is 5.38. The van der Waals surface area contributed by atoms with Gasteiger partial charge in [-0.3, -0.25) is 0 Å². The second-order valence-electron chi connectivity index (χ2n) is 5.00. The summed E-state index contributed by atoms with van der Waals surface area (Å²) >= 11 is 0. The molecule has 3 nitrogen and oxygen atoms in total. The van der Waals surface area contributed by atoms with E-state index in [1.807, 2.05) is 18.2 Å². The number of rotatable bonds is 5. The van der Waals surface area contributed by atoms with Crippen molar-refractivity contribution >= 4 is 11.6 Å². The number of hydrogen-bond acceptors (Lipinski definition) is 1. The Morgan fingerprint density at radius 3 is 2.24 bits per heavy atom. The number of benzene rings is 2. The normalized spacial score (nSPS) is 11.4. The van der Waals surface area contributed by atoms with Gasteiger partial charge >= 0.3 is 0 Å². The third-order valence-electron chi connectivity index (χ3n) is 3.55. The maximum Gasteiger partial charge on any atom is 0.193 e. The maximum atomic E-state index is 5.95. The van der Waals surface area contributed by atoms with E-state index in [4.69, 9.17) is 5.73 Å². The van der Waals surface area contributed by atoms with Gasteiger partial charge in [-0.2, -0.15) is 0 Å². The molecule has 0 aliphatic rings. The van der Waals surface area contributed by atoms with Crippen LogP contribution in [0.4, 0.5) is 5.69 Å². The van der Waals surface area contributed by atoms with Crippen LogP contribution in [0.25, 0.3) is 0 Å². The molecule has 0 bridgehead atoms. The van der Waals surface area contributed by atoms with Crippen molar-refractivity contribution in [3.63, 3.8) is 0 Å². The second-order valence-corrected chi connectivity index (χ2v) is 5.00. The minimum Gasteiger partial charge on any atom is -0.370 e. The van der Waals surface area contributed by atoms with Gasteiger partial charge in [-0.25, -0.2) is 4.99 Å². The molecule has 0 unspecified atom stereocenters. The highest BCUT2D eigenvalue weighted by atomic mass is 15.1. The van der Waals surface area contributed by atoms with Gasteiger partial charge in [-0.15, -0.1) is 0 Å². The van der Waals surface area contributed by atoms with Gasteiger partial charge in [0.05, 0.1) is 6.54 Å². The third kappa shape index (κ3) is 4.35. The SMILES string of the molecule is CCc1ccc(NC(N)=NCc2ccccc2CC)cc1. The molecule has 0 atom stereocenters. The van der Waals surface area contributed by atoms with E-state index < -0.39 is 0 Å². The Morgan fingerprint density at radius 2 is 1.62 bits per heavy atom. The summed E-state index contributed by atoms with van der Waals surface area (Å²) in [6, 6.07) is 16.6. The van der Waals surface area contributed by atoms with Crippen LogP contribution in [0.15, 0.2) is 53.5 Å². The molecule has 0 fully saturated rings. The fourth-order valence-corrected chi connectivity index (χ4v) is 2.24. The smallest absolute Gasteiger partial charge is 0.193 e. The first-order valence-corrected chi connectivity index (χ1v) is 7.45. The van der Waals surface area contributed by atoms with Gasteiger partial charge in [0.2, 0.25) is 0 Å². The molecule has 2 aromatic carbocycles. The number of aryl methyl sites for hydroxylation is 2. The Labute approximate surface area is 126 Å². The maximum absolute atomic E-state index is 5.95. The van der Waals surface area contributed by atoms with Crippen molar-refractivity contribution in [3.05, 3.63) is 65.2 Å². The predicted octanol–water partition coefficient (Wildman–Crippen LogP) is 3.74. The number of hydrogen-bond donors (Lipinski definition) is 2. The van der Waals surface area contributed by atoms with Crippen LogP contribution >= 0.6 is 0 Å². The molecule has 0 amide bonds. The van der Waals surface area contributed by atoms with Gasteiger partial charge < -0.3 is 11.1 Å². The van der Waals surface area contributed by atoms with Crippen LogP contribution in [0.1, 0.15) is 30.5 Å². The van der Waals surface area contributed by atoms with Gasteiger partial charge in [0.15, 0.2) is 5.96 Å². The van der Waals surface area contributed by atoms with Crippen LogP contribution in [-0.2, 0) is 19.4 Å². The third-order valence-corrected chi connectivity index (χ3v) is 3.55. The van der Waals surface area contributed by atoms with E-state index in [1.165, 1.54) is 16.7 Å². The van der Waals surface area contributed by atoms with Crippen molar-refractivity contribution in [3.8, 4) is 0 Å². The van der Waals surface area contributed by atoms with E-state index in [0.29, 0.717) is 12.5 Å². The van der Waals surface area contributed by atoms with Crippen LogP contribution in [-0.4, -0.2) is 5.96 Å². The molecule has 0 aromatic heterocycles. The molecule has 0 saturated carbocycles. The lowest BCUT2D eigenvalue weighted by Gasteiger charge is -2.08. The van der Waals surface area contributed by atoms with Crippen molar-refractivity contribution in [1.82, 2.24) is 0 Å². The lowest BCUT2D eigenvalue weighted by Crippen LogP contribution is -2.22. The average molecular weight is 281 g/mol. The molecule has 0 aliphatic heterocycles. The van der Waals surface area contributed by atoms with Crippen LogP contribution in [0.2, 0.25) is 0 Å². The Bertz CT molecular complexity index is 600. The van der Waals surface area contributed by atoms with Crippen molar-refractivity contribution in [2.75, 3.05) is 5.32 Å². The zero-order valence-electron chi connectivity index (χ0n) is 12.8. The summed E-state index contributed by atoms with van der Waals surface area (Å²) in [5.41, 5.74) is 10.8. The molecule has 0 saturated heterocycles. The minimum absolute atomic E-state index is 0.449. The lowest BCUT2D eigenvalue weighted by molar-refractivity contribution is 0.998. The van der Waals surface area contributed by atoms with Crippen molar-refractivity contribution in [2.24, 2.45) is 10.7 Å². The lowest BCUT2D eigenvalue weighted by atomic mass is 10.1. The monoisotopic (exact) mass is 281 g/mol. The van der Waals surface area contributed by atoms with Crippen molar-refractivity contribution in [1.29, 1.82) is 0 Å². The van der Waals surface area contributed by atoms with E-state index in [0.717, 1.165) is 18.5 Å². The zero-order chi connectivity index (χ0) is 15.1. The van der Waals surface area contributed by atoms with Crippen LogP contribution < -0.4 is 11.1 Å². The van der Waals surface area contributed by atoms with E-state index >= 15 is 0 Å². The second kappa shape index (κ2) is 7.48. The molecule has 3 heteroatoms. The molecule has 0 aliphatic carbocycles. The molecule has 3 N–H and O–H groups in total. The molecular formula is C18H23N3. The van der Waals surface area contributed by atoms with E-state index in [9.17, 15) is 0 Å². The number of aliphatic imine (C=N–C) groups is 1. The van der Waals surface area contributed by atoms with Crippen LogP contribution in [0.3, 0.4) is 0 Å². The summed E-state index contributed by atoms with van der Waals surface area (Å²) in [4.78, 5) is 4.42. The van der Waals surface area contributed by atoms with Gasteiger partial charge in [0.1, 0.15) is 0 Å². The largest absolute Gasteiger partial charge is 0.370 e. The quantitative estimate of drug-likeness (QED) is 0.648. The summed E-state index contributed by atoms with van der Waals surface area (Å²) < 4.78 is 0. The van der Waals surface area contributed by atoms with Gasteiger partial charge in [-0.05, 0) is 41.7 Å². The molecule has 2 rings (SSSR count). The van der Waals surface area contributed by atoms with Crippen LogP contribution in [0.5, 0.6) is 0 Å². The Morgan fingerprint density at radius 1 is 0.952 bits per heavy atom. The summed E-state index contributed by atoms with van der Waals surface area (Å²) in [6.07, 6.45) is 2.05. The highest BCUT2D eigenvalue weighted by Gasteiger charge is 2.00. The number of nitrogens with zero attached hydrogens (tertiary/aromatic N) is 1. The minimum atomic E-state index is 0.449. The number of nitrogens with one attached hydrogen (secondary N) is 1. The summed E-state index contributed by atoms with van der Waals surface area (Å²) in [5, 5.41) is 3.13. The highest BCUT2D eigenvalue weighted by Crippen LogP contribution is 2.12. The molecule has 0 heterocycles. The number of nitrogens with two attached hydrogens (primary N) is 1. The summed E-state index contributed by atoms with van der Waals surface area (Å²) in [7, 11) is 0. The molecule has 0 radical (unpaired) electrons. The van der Waals surface area contributed by atoms with Gasteiger partial charge in [0.25, 0.3) is 0 Å². The van der Waals surface area contributed by atoms with Crippen molar-refractivity contribution < 1.29 is 0 Å². The van der Waals surface area contributed by atoms with Gasteiger partial charge in [-0.1, -0.05) is 50.2 Å². The Hall–Kier alpha value is -2.29. The molecule has 21 heavy (non-hydrogen) atoms. The molecule has 110 valence electrons. The molecule has 2 aromatic rings. The predicted molar refractivity (Wildman–Crippen MR) is 90.6 cm³/mol. The first-order valence-electron chi connectivity index (χ1n) is 7.45. The topological polar surface area (TPSA) is 50.4 Å². The van der Waals surface area contributed by atoms with Crippen LogP contribution in [0, 0.1) is 0 Å². The van der Waals surface area contributed by atoms with E-state index in [-0.39, 0.29) is 0 Å². The molecule has 0 spiro atoms. The highest BCUT2D eigenvalue weighted by molar-refractivity contribution is 5.92. The number of anilines is 1. The summed E-state index contributed by atoms with van der Waals surface area (Å²) in [6.45, 7) is 4.90. The first kappa shape index (κ1) is 15.1. The summed E-state index contributed by atoms with van der Waals surface area (Å²) in [5.74, 6) is 0.449. The number of guanidine groups is 1. The standard InChI is InChI=1S/C18H23N3/c1-3-14-9-11-17(12-10-14)21-18(19)20-13-16-8-6-5-7-15(16)4-2/h5-12H,3-4,13H2,1-2H3,(H3,19,20,21). The first-order chi connectivity index (χ1) is 10.2. The molecular weight excluding hydrogens is 258 g/mol. The fraction of sp³-hybridized carbons (Fsp3) is 0.278. The van der Waals surface area contributed by atoms with Crippen molar-refractivity contribution in [2.45, 2.75) is 33.2 Å². The van der Waals surface area contributed by atoms with E-state index in [2.05, 4.69) is 54.5 Å². The zero-order valence-corrected chi connectivity index (χ0v) is 12.8. The fourth-order valence-electron chi connectivity index (χ4n) is 2.24.